The van der Waals surface area contributed by atoms with Gasteiger partial charge in [-0.25, -0.2) is 0 Å². The lowest BCUT2D eigenvalue weighted by Gasteiger charge is -2.45. The fraction of sp³-hybridized carbons (Fsp3) is 0.450. The van der Waals surface area contributed by atoms with E-state index in [1.54, 1.807) is 6.08 Å². The lowest BCUT2D eigenvalue weighted by atomic mass is 9.80. The molecule has 6 nitrogen and oxygen atoms in total. The smallest absolute Gasteiger partial charge is 0.325 e. The Morgan fingerprint density at radius 1 is 1.39 bits per heavy atom. The third-order valence-electron chi connectivity index (χ3n) is 5.43. The van der Waals surface area contributed by atoms with Gasteiger partial charge in [-0.15, -0.1) is 0 Å². The number of fused-ring (bicyclic) bond motifs is 1. The van der Waals surface area contributed by atoms with Crippen LogP contribution in [0.1, 0.15) is 44.2 Å². The lowest BCUT2D eigenvalue weighted by Crippen LogP contribution is -2.45. The molecule has 2 amide bonds. The second-order valence-corrected chi connectivity index (χ2v) is 9.15. The molecule has 0 aromatic heterocycles. The highest BCUT2D eigenvalue weighted by Gasteiger charge is 2.37. The number of carbonyl (C=O) groups is 3. The van der Waals surface area contributed by atoms with E-state index in [0.29, 0.717) is 16.5 Å². The van der Waals surface area contributed by atoms with Crippen molar-refractivity contribution in [1.82, 2.24) is 4.90 Å². The van der Waals surface area contributed by atoms with Crippen LogP contribution in [0.5, 0.6) is 0 Å². The van der Waals surface area contributed by atoms with Gasteiger partial charge in [0.05, 0.1) is 12.0 Å². The fourth-order valence-electron chi connectivity index (χ4n) is 3.69. The zero-order valence-electron chi connectivity index (χ0n) is 16.5. The second kappa shape index (κ2) is 7.44. The molecule has 1 fully saturated rings. The Balaban J connectivity index is 1.96. The molecule has 1 atom stereocenters. The van der Waals surface area contributed by atoms with Gasteiger partial charge >= 0.3 is 5.97 Å². The number of esters is 1. The van der Waals surface area contributed by atoms with Crippen LogP contribution in [0.25, 0.3) is 6.08 Å². The molecule has 28 heavy (non-hydrogen) atoms. The maximum absolute atomic E-state index is 12.5. The summed E-state index contributed by atoms with van der Waals surface area (Å²) >= 11 is 7.31. The van der Waals surface area contributed by atoms with Crippen LogP contribution in [0.3, 0.4) is 0 Å². The van der Waals surface area contributed by atoms with Crippen LogP contribution < -0.4 is 4.90 Å². The van der Waals surface area contributed by atoms with Gasteiger partial charge in [-0.1, -0.05) is 18.5 Å². The molecule has 0 spiro atoms. The molecule has 0 aliphatic carbocycles. The molecule has 0 bridgehead atoms. The van der Waals surface area contributed by atoms with Gasteiger partial charge in [0.25, 0.3) is 11.1 Å². The Labute approximate surface area is 173 Å². The average molecular weight is 423 g/mol. The van der Waals surface area contributed by atoms with Crippen LogP contribution in [-0.2, 0) is 14.3 Å². The minimum Gasteiger partial charge on any atom is -0.468 e. The molecule has 2 heterocycles. The number of carbonyl (C=O) groups excluding carboxylic acids is 3. The van der Waals surface area contributed by atoms with Crippen molar-refractivity contribution in [1.29, 1.82) is 0 Å². The lowest BCUT2D eigenvalue weighted by molar-refractivity contribution is -0.143. The summed E-state index contributed by atoms with van der Waals surface area (Å²) in [5, 5.41) is 0.0147. The minimum atomic E-state index is -0.644. The highest BCUT2D eigenvalue weighted by atomic mass is 35.5. The fourth-order valence-corrected chi connectivity index (χ4v) is 4.73. The van der Waals surface area contributed by atoms with E-state index in [1.165, 1.54) is 7.11 Å². The number of amides is 2. The van der Waals surface area contributed by atoms with Crippen molar-refractivity contribution in [3.05, 3.63) is 33.2 Å². The Morgan fingerprint density at radius 2 is 2.07 bits per heavy atom. The Kier molecular flexibility index (Phi) is 5.51. The SMILES string of the molecule is COC(=O)CN1C(=O)S/C(=C/c2cc3c(cc2Cl)N(C)C(C)(C)CC3C)C1=O. The number of benzene rings is 1. The van der Waals surface area contributed by atoms with Crippen LogP contribution in [0.4, 0.5) is 10.5 Å². The molecule has 0 saturated carbocycles. The first-order valence-corrected chi connectivity index (χ1v) is 10.1. The van der Waals surface area contributed by atoms with E-state index in [9.17, 15) is 14.4 Å². The monoisotopic (exact) mass is 422 g/mol. The van der Waals surface area contributed by atoms with Gasteiger partial charge in [0.2, 0.25) is 0 Å². The van der Waals surface area contributed by atoms with Gasteiger partial charge in [0.15, 0.2) is 0 Å². The summed E-state index contributed by atoms with van der Waals surface area (Å²) in [4.78, 5) is 39.4. The molecule has 0 radical (unpaired) electrons. The van der Waals surface area contributed by atoms with E-state index in [1.807, 2.05) is 12.1 Å². The zero-order chi connectivity index (χ0) is 20.8. The van der Waals surface area contributed by atoms with E-state index in [-0.39, 0.29) is 10.4 Å². The molecule has 1 aromatic carbocycles. The summed E-state index contributed by atoms with van der Waals surface area (Å²) in [6.07, 6.45) is 2.62. The molecule has 150 valence electrons. The molecular formula is C20H23ClN2O4S. The number of thioether (sulfide) groups is 1. The van der Waals surface area contributed by atoms with Gasteiger partial charge in [0.1, 0.15) is 6.54 Å². The number of anilines is 1. The van der Waals surface area contributed by atoms with Gasteiger partial charge in [-0.3, -0.25) is 19.3 Å². The van der Waals surface area contributed by atoms with Gasteiger partial charge in [-0.05, 0) is 67.3 Å². The molecule has 1 unspecified atom stereocenters. The van der Waals surface area contributed by atoms with Crippen molar-refractivity contribution >= 4 is 52.2 Å². The quantitative estimate of drug-likeness (QED) is 0.535. The molecule has 3 rings (SSSR count). The van der Waals surface area contributed by atoms with Gasteiger partial charge in [0, 0.05) is 23.3 Å². The molecule has 2 aliphatic rings. The first kappa shape index (κ1) is 20.7. The number of hydrogen-bond acceptors (Lipinski definition) is 6. The highest BCUT2D eigenvalue weighted by molar-refractivity contribution is 8.18. The van der Waals surface area contributed by atoms with E-state index >= 15 is 0 Å². The van der Waals surface area contributed by atoms with Crippen molar-refractivity contribution in [3.63, 3.8) is 0 Å². The molecule has 1 aromatic rings. The van der Waals surface area contributed by atoms with Gasteiger partial charge < -0.3 is 9.64 Å². The predicted octanol–water partition coefficient (Wildman–Crippen LogP) is 4.27. The molecule has 8 heteroatoms. The first-order valence-electron chi connectivity index (χ1n) is 8.94. The van der Waals surface area contributed by atoms with Crippen LogP contribution in [0, 0.1) is 0 Å². The van der Waals surface area contributed by atoms with Crippen LogP contribution in [0.2, 0.25) is 5.02 Å². The Hall–Kier alpha value is -1.99. The number of methoxy groups -OCH3 is 1. The van der Waals surface area contributed by atoms with Crippen LogP contribution in [0.15, 0.2) is 17.0 Å². The van der Waals surface area contributed by atoms with Crippen molar-refractivity contribution in [3.8, 4) is 0 Å². The number of rotatable bonds is 3. The summed E-state index contributed by atoms with van der Waals surface area (Å²) in [6.45, 7) is 6.18. The van der Waals surface area contributed by atoms with E-state index in [2.05, 4.69) is 37.5 Å². The van der Waals surface area contributed by atoms with E-state index < -0.39 is 23.7 Å². The minimum absolute atomic E-state index is 0.0216. The maximum Gasteiger partial charge on any atom is 0.325 e. The number of nitrogens with zero attached hydrogens (tertiary/aromatic N) is 2. The highest BCUT2D eigenvalue weighted by Crippen LogP contribution is 2.45. The maximum atomic E-state index is 12.5. The number of ether oxygens (including phenoxy) is 1. The Bertz CT molecular complexity index is 896. The molecular weight excluding hydrogens is 400 g/mol. The third kappa shape index (κ3) is 3.65. The first-order chi connectivity index (χ1) is 13.0. The second-order valence-electron chi connectivity index (χ2n) is 7.75. The molecule has 2 aliphatic heterocycles. The number of halogens is 1. The van der Waals surface area contributed by atoms with Crippen molar-refractivity contribution in [2.75, 3.05) is 25.6 Å². The summed E-state index contributed by atoms with van der Waals surface area (Å²) in [5.74, 6) is -0.824. The van der Waals surface area contributed by atoms with Gasteiger partial charge in [-0.2, -0.15) is 0 Å². The number of hydrogen-bond donors (Lipinski definition) is 0. The van der Waals surface area contributed by atoms with Crippen molar-refractivity contribution < 1.29 is 19.1 Å². The normalized spacial score (nSPS) is 22.6. The molecule has 1 saturated heterocycles. The zero-order valence-corrected chi connectivity index (χ0v) is 18.1. The van der Waals surface area contributed by atoms with Crippen molar-refractivity contribution in [2.24, 2.45) is 0 Å². The van der Waals surface area contributed by atoms with Crippen LogP contribution in [-0.4, -0.2) is 48.3 Å². The Morgan fingerprint density at radius 3 is 2.71 bits per heavy atom. The number of imide groups is 1. The van der Waals surface area contributed by atoms with E-state index in [0.717, 1.165) is 34.3 Å². The average Bonchev–Trinajstić information content (AvgIpc) is 2.88. The van der Waals surface area contributed by atoms with E-state index in [4.69, 9.17) is 11.6 Å². The third-order valence-corrected chi connectivity index (χ3v) is 6.66. The largest absolute Gasteiger partial charge is 0.468 e. The molecule has 0 N–H and O–H groups in total. The summed E-state index contributed by atoms with van der Waals surface area (Å²) in [7, 11) is 3.27. The standard InChI is InChI=1S/C20H23ClN2O4S/c1-11-9-20(2,3)22(4)15-8-14(21)12(6-13(11)15)7-16-18(25)23(19(26)28-16)10-17(24)27-5/h6-8,11H,9-10H2,1-5H3/b16-7+. The summed E-state index contributed by atoms with van der Waals surface area (Å²) in [6, 6.07) is 3.90. The van der Waals surface area contributed by atoms with Crippen LogP contribution >= 0.6 is 23.4 Å². The summed E-state index contributed by atoms with van der Waals surface area (Å²) < 4.78 is 4.54. The topological polar surface area (TPSA) is 66.9 Å². The van der Waals surface area contributed by atoms with Crippen molar-refractivity contribution in [2.45, 2.75) is 38.6 Å². The summed E-state index contributed by atoms with van der Waals surface area (Å²) in [5.41, 5.74) is 2.94. The predicted molar refractivity (Wildman–Crippen MR) is 112 cm³/mol.